The molecule has 0 N–H and O–H groups in total. The van der Waals surface area contributed by atoms with Gasteiger partial charge < -0.3 is 4.90 Å². The SMILES string of the molecule is CCC1CCCCN1C(=O)c1cc(-c2ccccc2Cl)nc2ccccc12. The van der Waals surface area contributed by atoms with Gasteiger partial charge in [-0.15, -0.1) is 0 Å². The monoisotopic (exact) mass is 378 g/mol. The second-order valence-electron chi connectivity index (χ2n) is 7.11. The number of piperidine rings is 1. The van der Waals surface area contributed by atoms with Crippen molar-refractivity contribution in [3.63, 3.8) is 0 Å². The smallest absolute Gasteiger partial charge is 0.254 e. The fraction of sp³-hybridized carbons (Fsp3) is 0.304. The Labute approximate surface area is 165 Å². The van der Waals surface area contributed by atoms with E-state index < -0.39 is 0 Å². The van der Waals surface area contributed by atoms with E-state index >= 15 is 0 Å². The molecule has 1 atom stereocenters. The van der Waals surface area contributed by atoms with Gasteiger partial charge in [0.15, 0.2) is 0 Å². The standard InChI is InChI=1S/C23H23ClN2O/c1-2-16-9-7-8-14-26(16)23(27)19-15-22(18-11-3-5-12-20(18)24)25-21-13-6-4-10-17(19)21/h3-6,10-13,15-16H,2,7-9,14H2,1H3. The number of amides is 1. The molecular formula is C23H23ClN2O. The Bertz CT molecular complexity index is 985. The van der Waals surface area contributed by atoms with Crippen LogP contribution in [0.1, 0.15) is 43.0 Å². The van der Waals surface area contributed by atoms with Gasteiger partial charge in [0, 0.05) is 28.6 Å². The average Bonchev–Trinajstić information content (AvgIpc) is 2.72. The molecule has 1 aromatic heterocycles. The second kappa shape index (κ2) is 7.69. The molecule has 1 amide bonds. The number of rotatable bonds is 3. The first-order valence-electron chi connectivity index (χ1n) is 9.64. The summed E-state index contributed by atoms with van der Waals surface area (Å²) < 4.78 is 0. The van der Waals surface area contributed by atoms with Crippen molar-refractivity contribution in [2.45, 2.75) is 38.6 Å². The molecule has 2 aromatic carbocycles. The van der Waals surface area contributed by atoms with Crippen LogP contribution in [0.3, 0.4) is 0 Å². The normalized spacial score (nSPS) is 17.3. The van der Waals surface area contributed by atoms with Crippen LogP contribution in [0.5, 0.6) is 0 Å². The van der Waals surface area contributed by atoms with Gasteiger partial charge in [0.2, 0.25) is 0 Å². The molecule has 138 valence electrons. The Hall–Kier alpha value is -2.39. The molecule has 2 heterocycles. The van der Waals surface area contributed by atoms with Crippen LogP contribution in [0.15, 0.2) is 54.6 Å². The Balaban J connectivity index is 1.86. The van der Waals surface area contributed by atoms with Gasteiger partial charge in [-0.3, -0.25) is 4.79 Å². The van der Waals surface area contributed by atoms with E-state index in [0.717, 1.165) is 53.5 Å². The molecule has 1 fully saturated rings. The summed E-state index contributed by atoms with van der Waals surface area (Å²) in [6, 6.07) is 17.7. The van der Waals surface area contributed by atoms with Crippen LogP contribution in [0, 0.1) is 0 Å². The van der Waals surface area contributed by atoms with Crippen molar-refractivity contribution in [1.82, 2.24) is 9.88 Å². The van der Waals surface area contributed by atoms with Gasteiger partial charge in [0.25, 0.3) is 5.91 Å². The van der Waals surface area contributed by atoms with Gasteiger partial charge in [-0.2, -0.15) is 0 Å². The van der Waals surface area contributed by atoms with Crippen LogP contribution in [0.25, 0.3) is 22.2 Å². The zero-order valence-electron chi connectivity index (χ0n) is 15.5. The Kier molecular flexibility index (Phi) is 5.13. The number of hydrogen-bond acceptors (Lipinski definition) is 2. The average molecular weight is 379 g/mol. The molecule has 0 aliphatic carbocycles. The highest BCUT2D eigenvalue weighted by molar-refractivity contribution is 6.33. The van der Waals surface area contributed by atoms with Crippen LogP contribution >= 0.6 is 11.6 Å². The third-order valence-corrected chi connectivity index (χ3v) is 5.79. The molecule has 0 saturated carbocycles. The van der Waals surface area contributed by atoms with Crippen molar-refractivity contribution >= 4 is 28.4 Å². The predicted octanol–water partition coefficient (Wildman–Crippen LogP) is 5.96. The van der Waals surface area contributed by atoms with E-state index in [-0.39, 0.29) is 5.91 Å². The summed E-state index contributed by atoms with van der Waals surface area (Å²) in [6.07, 6.45) is 4.35. The van der Waals surface area contributed by atoms with E-state index in [9.17, 15) is 4.79 Å². The van der Waals surface area contributed by atoms with Crippen LogP contribution in [0.2, 0.25) is 5.02 Å². The Morgan fingerprint density at radius 1 is 1.15 bits per heavy atom. The maximum absolute atomic E-state index is 13.5. The van der Waals surface area contributed by atoms with Crippen molar-refractivity contribution in [3.8, 4) is 11.3 Å². The molecule has 1 unspecified atom stereocenters. The number of likely N-dealkylation sites (tertiary alicyclic amines) is 1. The van der Waals surface area contributed by atoms with E-state index in [1.54, 1.807) is 0 Å². The molecule has 0 spiro atoms. The van der Waals surface area contributed by atoms with E-state index in [2.05, 4.69) is 11.8 Å². The Morgan fingerprint density at radius 3 is 2.74 bits per heavy atom. The van der Waals surface area contributed by atoms with Crippen molar-refractivity contribution in [2.24, 2.45) is 0 Å². The summed E-state index contributed by atoms with van der Waals surface area (Å²) in [5.41, 5.74) is 3.14. The molecule has 1 saturated heterocycles. The highest BCUT2D eigenvalue weighted by atomic mass is 35.5. The molecule has 1 aliphatic heterocycles. The van der Waals surface area contributed by atoms with Crippen molar-refractivity contribution < 1.29 is 4.79 Å². The minimum Gasteiger partial charge on any atom is -0.336 e. The molecule has 3 aromatic rings. The number of para-hydroxylation sites is 1. The molecule has 27 heavy (non-hydrogen) atoms. The van der Waals surface area contributed by atoms with Crippen LogP contribution in [0.4, 0.5) is 0 Å². The summed E-state index contributed by atoms with van der Waals surface area (Å²) in [5.74, 6) is 0.105. The third kappa shape index (κ3) is 3.44. The molecule has 4 rings (SSSR count). The van der Waals surface area contributed by atoms with Gasteiger partial charge in [-0.1, -0.05) is 54.9 Å². The highest BCUT2D eigenvalue weighted by Gasteiger charge is 2.27. The predicted molar refractivity (Wildman–Crippen MR) is 111 cm³/mol. The Morgan fingerprint density at radius 2 is 1.93 bits per heavy atom. The summed E-state index contributed by atoms with van der Waals surface area (Å²) in [7, 11) is 0. The first-order chi connectivity index (χ1) is 13.2. The minimum atomic E-state index is 0.105. The number of fused-ring (bicyclic) bond motifs is 1. The number of hydrogen-bond donors (Lipinski definition) is 0. The first kappa shape index (κ1) is 18.0. The number of carbonyl (C=O) groups is 1. The number of pyridine rings is 1. The zero-order chi connectivity index (χ0) is 18.8. The number of nitrogens with zero attached hydrogens (tertiary/aromatic N) is 2. The van der Waals surface area contributed by atoms with Crippen LogP contribution in [-0.2, 0) is 0 Å². The zero-order valence-corrected chi connectivity index (χ0v) is 16.2. The highest BCUT2D eigenvalue weighted by Crippen LogP contribution is 2.31. The number of carbonyl (C=O) groups excluding carboxylic acids is 1. The van der Waals surface area contributed by atoms with Crippen molar-refractivity contribution in [2.75, 3.05) is 6.54 Å². The van der Waals surface area contributed by atoms with Gasteiger partial charge in [-0.25, -0.2) is 4.98 Å². The second-order valence-corrected chi connectivity index (χ2v) is 7.52. The maximum Gasteiger partial charge on any atom is 0.254 e. The lowest BCUT2D eigenvalue weighted by Gasteiger charge is -2.35. The topological polar surface area (TPSA) is 33.2 Å². The number of halogens is 1. The van der Waals surface area contributed by atoms with Crippen molar-refractivity contribution in [1.29, 1.82) is 0 Å². The lowest BCUT2D eigenvalue weighted by Crippen LogP contribution is -2.43. The molecule has 0 radical (unpaired) electrons. The molecular weight excluding hydrogens is 356 g/mol. The van der Waals surface area contributed by atoms with Crippen molar-refractivity contribution in [3.05, 3.63) is 65.2 Å². The summed E-state index contributed by atoms with van der Waals surface area (Å²) >= 11 is 6.40. The first-order valence-corrected chi connectivity index (χ1v) is 10.0. The van der Waals surface area contributed by atoms with Gasteiger partial charge in [0.05, 0.1) is 16.8 Å². The van der Waals surface area contributed by atoms with Gasteiger partial charge in [0.1, 0.15) is 0 Å². The van der Waals surface area contributed by atoms with E-state index in [0.29, 0.717) is 11.1 Å². The van der Waals surface area contributed by atoms with E-state index in [1.165, 1.54) is 6.42 Å². The van der Waals surface area contributed by atoms with Crippen LogP contribution in [-0.4, -0.2) is 28.4 Å². The molecule has 0 bridgehead atoms. The lowest BCUT2D eigenvalue weighted by atomic mass is 9.97. The van der Waals surface area contributed by atoms with Gasteiger partial charge in [-0.05, 0) is 43.9 Å². The molecule has 4 heteroatoms. The van der Waals surface area contributed by atoms with E-state index in [1.807, 2.05) is 54.6 Å². The largest absolute Gasteiger partial charge is 0.336 e. The summed E-state index contributed by atoms with van der Waals surface area (Å²) in [6.45, 7) is 2.99. The fourth-order valence-corrected chi connectivity index (χ4v) is 4.24. The third-order valence-electron chi connectivity index (χ3n) is 5.46. The summed E-state index contributed by atoms with van der Waals surface area (Å²) in [4.78, 5) is 20.4. The van der Waals surface area contributed by atoms with E-state index in [4.69, 9.17) is 16.6 Å². The van der Waals surface area contributed by atoms with Crippen LogP contribution < -0.4 is 0 Å². The summed E-state index contributed by atoms with van der Waals surface area (Å²) in [5, 5.41) is 1.54. The fourth-order valence-electron chi connectivity index (χ4n) is 4.01. The maximum atomic E-state index is 13.5. The molecule has 1 aliphatic rings. The van der Waals surface area contributed by atoms with Gasteiger partial charge >= 0.3 is 0 Å². The minimum absolute atomic E-state index is 0.105. The number of aromatic nitrogens is 1. The quantitative estimate of drug-likeness (QED) is 0.563. The lowest BCUT2D eigenvalue weighted by molar-refractivity contribution is 0.0610. The molecule has 3 nitrogen and oxygen atoms in total. The number of benzene rings is 2.